The molecule has 0 unspecified atom stereocenters. The molecule has 1 fully saturated rings. The van der Waals surface area contributed by atoms with Crippen molar-refractivity contribution in [1.82, 2.24) is 0 Å². The fourth-order valence-corrected chi connectivity index (χ4v) is 3.17. The molecule has 0 atom stereocenters. The van der Waals surface area contributed by atoms with Crippen LogP contribution in [0.3, 0.4) is 0 Å². The summed E-state index contributed by atoms with van der Waals surface area (Å²) in [6, 6.07) is 8.39. The van der Waals surface area contributed by atoms with Gasteiger partial charge < -0.3 is 5.73 Å². The zero-order chi connectivity index (χ0) is 10.7. The van der Waals surface area contributed by atoms with Crippen LogP contribution in [-0.4, -0.2) is 0 Å². The Morgan fingerprint density at radius 3 is 2.20 bits per heavy atom. The topological polar surface area (TPSA) is 26.0 Å². The van der Waals surface area contributed by atoms with E-state index < -0.39 is 0 Å². The monoisotopic (exact) mass is 267 g/mol. The summed E-state index contributed by atoms with van der Waals surface area (Å²) in [4.78, 5) is 0. The Balaban J connectivity index is 2.30. The summed E-state index contributed by atoms with van der Waals surface area (Å²) in [6.45, 7) is 0. The van der Waals surface area contributed by atoms with Crippen LogP contribution in [-0.2, 0) is 5.54 Å². The fourth-order valence-electron chi connectivity index (χ4n) is 2.49. The van der Waals surface area contributed by atoms with Gasteiger partial charge in [-0.05, 0) is 24.5 Å². The minimum atomic E-state index is -0.101. The third kappa shape index (κ3) is 2.43. The molecule has 82 valence electrons. The van der Waals surface area contributed by atoms with Gasteiger partial charge in [-0.2, -0.15) is 0 Å². The highest BCUT2D eigenvalue weighted by atomic mass is 79.9. The molecular formula is C13H18BrN. The van der Waals surface area contributed by atoms with Crippen molar-refractivity contribution in [1.29, 1.82) is 0 Å². The van der Waals surface area contributed by atoms with Crippen LogP contribution in [0.5, 0.6) is 0 Å². The Morgan fingerprint density at radius 1 is 1.00 bits per heavy atom. The van der Waals surface area contributed by atoms with Gasteiger partial charge in [0.05, 0.1) is 0 Å². The van der Waals surface area contributed by atoms with Crippen LogP contribution in [0.4, 0.5) is 0 Å². The molecule has 0 bridgehead atoms. The Hall–Kier alpha value is -0.340. The molecular weight excluding hydrogens is 250 g/mol. The zero-order valence-corrected chi connectivity index (χ0v) is 10.6. The van der Waals surface area contributed by atoms with Crippen LogP contribution in [0.25, 0.3) is 0 Å². The number of hydrogen-bond donors (Lipinski definition) is 1. The number of rotatable bonds is 1. The van der Waals surface area contributed by atoms with Crippen LogP contribution >= 0.6 is 15.9 Å². The van der Waals surface area contributed by atoms with Gasteiger partial charge in [0.25, 0.3) is 0 Å². The van der Waals surface area contributed by atoms with E-state index in [0.717, 1.165) is 17.3 Å². The summed E-state index contributed by atoms with van der Waals surface area (Å²) < 4.78 is 1.16. The predicted molar refractivity (Wildman–Crippen MR) is 67.7 cm³/mol. The highest BCUT2D eigenvalue weighted by Crippen LogP contribution is 2.36. The summed E-state index contributed by atoms with van der Waals surface area (Å²) in [5, 5.41) is 0. The molecule has 1 aliphatic rings. The largest absolute Gasteiger partial charge is 0.321 e. The molecule has 0 radical (unpaired) electrons. The van der Waals surface area contributed by atoms with Crippen molar-refractivity contribution in [3.8, 4) is 0 Å². The first-order valence-electron chi connectivity index (χ1n) is 5.76. The molecule has 0 aromatic heterocycles. The first kappa shape index (κ1) is 11.2. The van der Waals surface area contributed by atoms with Crippen molar-refractivity contribution in [3.63, 3.8) is 0 Å². The van der Waals surface area contributed by atoms with Gasteiger partial charge in [0, 0.05) is 10.0 Å². The Morgan fingerprint density at radius 2 is 1.60 bits per heavy atom. The number of hydrogen-bond acceptors (Lipinski definition) is 1. The van der Waals surface area contributed by atoms with Gasteiger partial charge in [-0.25, -0.2) is 0 Å². The minimum absolute atomic E-state index is 0.101. The Bertz CT molecular complexity index is 327. The van der Waals surface area contributed by atoms with E-state index in [9.17, 15) is 0 Å². The molecule has 0 saturated heterocycles. The van der Waals surface area contributed by atoms with Crippen molar-refractivity contribution in [2.45, 2.75) is 44.1 Å². The molecule has 1 nitrogen and oxygen atoms in total. The van der Waals surface area contributed by atoms with Crippen molar-refractivity contribution >= 4 is 15.9 Å². The van der Waals surface area contributed by atoms with E-state index in [1.54, 1.807) is 0 Å². The Kier molecular flexibility index (Phi) is 3.47. The van der Waals surface area contributed by atoms with Crippen LogP contribution in [0, 0.1) is 0 Å². The first-order valence-corrected chi connectivity index (χ1v) is 6.56. The zero-order valence-electron chi connectivity index (χ0n) is 9.01. The standard InChI is InChI=1S/C13H18BrN/c14-12-8-4-3-7-11(12)13(15)9-5-1-2-6-10-13/h3-4,7-8H,1-2,5-6,9-10,15H2. The second-order valence-corrected chi connectivity index (χ2v) is 5.40. The van der Waals surface area contributed by atoms with E-state index in [-0.39, 0.29) is 5.54 Å². The van der Waals surface area contributed by atoms with Gasteiger partial charge >= 0.3 is 0 Å². The molecule has 0 aliphatic heterocycles. The maximum atomic E-state index is 6.55. The van der Waals surface area contributed by atoms with E-state index in [1.807, 2.05) is 6.07 Å². The SMILES string of the molecule is NC1(c2ccccc2Br)CCCCCC1. The molecule has 2 heteroatoms. The van der Waals surface area contributed by atoms with E-state index in [0.29, 0.717) is 0 Å². The number of benzene rings is 1. The van der Waals surface area contributed by atoms with E-state index >= 15 is 0 Å². The summed E-state index contributed by atoms with van der Waals surface area (Å²) in [7, 11) is 0. The average Bonchev–Trinajstić information content (AvgIpc) is 2.44. The molecule has 15 heavy (non-hydrogen) atoms. The van der Waals surface area contributed by atoms with Gasteiger partial charge in [0.2, 0.25) is 0 Å². The van der Waals surface area contributed by atoms with E-state index in [4.69, 9.17) is 5.73 Å². The maximum absolute atomic E-state index is 6.55. The van der Waals surface area contributed by atoms with Crippen molar-refractivity contribution in [3.05, 3.63) is 34.3 Å². The number of halogens is 1. The lowest BCUT2D eigenvalue weighted by Gasteiger charge is -2.29. The van der Waals surface area contributed by atoms with Gasteiger partial charge in [0.15, 0.2) is 0 Å². The van der Waals surface area contributed by atoms with Crippen LogP contribution in [0.1, 0.15) is 44.1 Å². The second kappa shape index (κ2) is 4.67. The fraction of sp³-hybridized carbons (Fsp3) is 0.538. The summed E-state index contributed by atoms with van der Waals surface area (Å²) in [5.41, 5.74) is 7.73. The summed E-state index contributed by atoms with van der Waals surface area (Å²) in [6.07, 6.45) is 7.44. The third-order valence-electron chi connectivity index (χ3n) is 3.41. The lowest BCUT2D eigenvalue weighted by atomic mass is 9.84. The van der Waals surface area contributed by atoms with E-state index in [2.05, 4.69) is 34.1 Å². The first-order chi connectivity index (χ1) is 7.22. The molecule has 1 aromatic rings. The predicted octanol–water partition coefficient (Wildman–Crippen LogP) is 3.96. The highest BCUT2D eigenvalue weighted by Gasteiger charge is 2.29. The Labute approximate surface area is 100 Å². The molecule has 1 aliphatic carbocycles. The highest BCUT2D eigenvalue weighted by molar-refractivity contribution is 9.10. The number of nitrogens with two attached hydrogens (primary N) is 1. The van der Waals surface area contributed by atoms with Crippen LogP contribution in [0.15, 0.2) is 28.7 Å². The summed E-state index contributed by atoms with van der Waals surface area (Å²) >= 11 is 3.61. The maximum Gasteiger partial charge on any atom is 0.0420 e. The lowest BCUT2D eigenvalue weighted by molar-refractivity contribution is 0.384. The minimum Gasteiger partial charge on any atom is -0.321 e. The quantitative estimate of drug-likeness (QED) is 0.766. The van der Waals surface area contributed by atoms with Crippen molar-refractivity contribution in [2.75, 3.05) is 0 Å². The molecule has 1 aromatic carbocycles. The van der Waals surface area contributed by atoms with Gasteiger partial charge in [-0.1, -0.05) is 59.8 Å². The molecule has 0 spiro atoms. The molecule has 0 amide bonds. The van der Waals surface area contributed by atoms with Gasteiger partial charge in [-0.3, -0.25) is 0 Å². The molecule has 0 heterocycles. The van der Waals surface area contributed by atoms with Crippen molar-refractivity contribution in [2.24, 2.45) is 5.73 Å². The average molecular weight is 268 g/mol. The lowest BCUT2D eigenvalue weighted by Crippen LogP contribution is -2.36. The van der Waals surface area contributed by atoms with E-state index in [1.165, 1.54) is 31.2 Å². The van der Waals surface area contributed by atoms with Gasteiger partial charge in [-0.15, -0.1) is 0 Å². The van der Waals surface area contributed by atoms with Crippen molar-refractivity contribution < 1.29 is 0 Å². The normalized spacial score (nSPS) is 20.9. The third-order valence-corrected chi connectivity index (χ3v) is 4.10. The summed E-state index contributed by atoms with van der Waals surface area (Å²) in [5.74, 6) is 0. The second-order valence-electron chi connectivity index (χ2n) is 4.55. The van der Waals surface area contributed by atoms with Gasteiger partial charge in [0.1, 0.15) is 0 Å². The molecule has 2 rings (SSSR count). The molecule has 1 saturated carbocycles. The van der Waals surface area contributed by atoms with Crippen LogP contribution < -0.4 is 5.73 Å². The molecule has 2 N–H and O–H groups in total. The van der Waals surface area contributed by atoms with Crippen LogP contribution in [0.2, 0.25) is 0 Å². The smallest absolute Gasteiger partial charge is 0.0420 e.